The summed E-state index contributed by atoms with van der Waals surface area (Å²) in [5.41, 5.74) is 2.50. The third-order valence-corrected chi connectivity index (χ3v) is 3.26. The average molecular weight is 279 g/mol. The number of carbonyl (C=O) groups is 2. The molecule has 0 unspecified atom stereocenters. The second kappa shape index (κ2) is 5.20. The van der Waals surface area contributed by atoms with Crippen LogP contribution in [-0.2, 0) is 0 Å². The zero-order valence-electron chi connectivity index (χ0n) is 11.4. The Balaban J connectivity index is 1.91. The van der Waals surface area contributed by atoms with E-state index in [-0.39, 0.29) is 11.7 Å². The lowest BCUT2D eigenvalue weighted by Gasteiger charge is -2.07. The van der Waals surface area contributed by atoms with Crippen LogP contribution in [0.25, 0.3) is 10.9 Å². The van der Waals surface area contributed by atoms with Crippen molar-refractivity contribution in [2.24, 2.45) is 0 Å². The molecule has 0 bridgehead atoms. The number of amides is 1. The van der Waals surface area contributed by atoms with E-state index < -0.39 is 0 Å². The van der Waals surface area contributed by atoms with E-state index in [1.165, 1.54) is 6.92 Å². The number of carbonyl (C=O) groups excluding carboxylic acids is 2. The van der Waals surface area contributed by atoms with Crippen LogP contribution in [0.1, 0.15) is 27.6 Å². The zero-order chi connectivity index (χ0) is 14.8. The molecular formula is C16H13N3O2. The molecule has 5 nitrogen and oxygen atoms in total. The second-order valence-corrected chi connectivity index (χ2v) is 4.73. The minimum atomic E-state index is -0.234. The Morgan fingerprint density at radius 2 is 1.95 bits per heavy atom. The van der Waals surface area contributed by atoms with Crippen molar-refractivity contribution in [2.45, 2.75) is 6.92 Å². The molecule has 0 saturated heterocycles. The third kappa shape index (κ3) is 2.53. The zero-order valence-corrected chi connectivity index (χ0v) is 11.4. The molecule has 0 atom stereocenters. The van der Waals surface area contributed by atoms with Gasteiger partial charge in [-0.1, -0.05) is 18.2 Å². The molecule has 21 heavy (non-hydrogen) atoms. The number of nitrogens with zero attached hydrogens (tertiary/aromatic N) is 1. The highest BCUT2D eigenvalue weighted by atomic mass is 16.1. The second-order valence-electron chi connectivity index (χ2n) is 4.73. The number of aromatic amines is 1. The van der Waals surface area contributed by atoms with Crippen molar-refractivity contribution in [2.75, 3.05) is 5.32 Å². The number of nitrogens with one attached hydrogen (secondary N) is 2. The summed E-state index contributed by atoms with van der Waals surface area (Å²) in [4.78, 5) is 23.7. The lowest BCUT2D eigenvalue weighted by Crippen LogP contribution is -2.12. The Morgan fingerprint density at radius 1 is 1.14 bits per heavy atom. The highest BCUT2D eigenvalue weighted by Crippen LogP contribution is 2.18. The molecular weight excluding hydrogens is 266 g/mol. The number of hydrogen-bond acceptors (Lipinski definition) is 3. The minimum Gasteiger partial charge on any atom is -0.322 e. The van der Waals surface area contributed by atoms with Crippen molar-refractivity contribution in [3.63, 3.8) is 0 Å². The van der Waals surface area contributed by atoms with Crippen molar-refractivity contribution >= 4 is 28.3 Å². The highest BCUT2D eigenvalue weighted by molar-refractivity contribution is 6.12. The molecule has 0 spiro atoms. The highest BCUT2D eigenvalue weighted by Gasteiger charge is 2.11. The Hall–Kier alpha value is -2.95. The monoisotopic (exact) mass is 279 g/mol. The van der Waals surface area contributed by atoms with Gasteiger partial charge in [-0.3, -0.25) is 14.7 Å². The first-order chi connectivity index (χ1) is 10.1. The summed E-state index contributed by atoms with van der Waals surface area (Å²) in [6.45, 7) is 1.49. The maximum atomic E-state index is 12.4. The van der Waals surface area contributed by atoms with Gasteiger partial charge in [-0.2, -0.15) is 5.10 Å². The molecule has 1 aromatic heterocycles. The average Bonchev–Trinajstić information content (AvgIpc) is 2.95. The predicted molar refractivity (Wildman–Crippen MR) is 80.5 cm³/mol. The molecule has 0 saturated carbocycles. The van der Waals surface area contributed by atoms with Gasteiger partial charge in [0.15, 0.2) is 5.78 Å². The van der Waals surface area contributed by atoms with Crippen LogP contribution in [0.4, 0.5) is 5.69 Å². The maximum Gasteiger partial charge on any atom is 0.256 e. The Morgan fingerprint density at radius 3 is 2.76 bits per heavy atom. The van der Waals surface area contributed by atoms with Crippen LogP contribution in [0.2, 0.25) is 0 Å². The van der Waals surface area contributed by atoms with Gasteiger partial charge in [0.2, 0.25) is 0 Å². The summed E-state index contributed by atoms with van der Waals surface area (Å²) in [5, 5.41) is 10.3. The van der Waals surface area contributed by atoms with Gasteiger partial charge in [-0.15, -0.1) is 0 Å². The number of ketones is 1. The number of aromatic nitrogens is 2. The van der Waals surface area contributed by atoms with Gasteiger partial charge in [0, 0.05) is 16.6 Å². The van der Waals surface area contributed by atoms with Crippen LogP contribution in [0.15, 0.2) is 48.7 Å². The van der Waals surface area contributed by atoms with E-state index in [4.69, 9.17) is 0 Å². The Bertz CT molecular complexity index is 836. The fraction of sp³-hybridized carbons (Fsp3) is 0.0625. The van der Waals surface area contributed by atoms with Crippen molar-refractivity contribution in [1.29, 1.82) is 0 Å². The third-order valence-electron chi connectivity index (χ3n) is 3.26. The first-order valence-electron chi connectivity index (χ1n) is 6.49. The fourth-order valence-electron chi connectivity index (χ4n) is 2.18. The maximum absolute atomic E-state index is 12.4. The predicted octanol–water partition coefficient (Wildman–Crippen LogP) is 3.02. The number of H-pyrrole nitrogens is 1. The molecule has 2 aromatic carbocycles. The fourth-order valence-corrected chi connectivity index (χ4v) is 2.18. The molecule has 3 rings (SSSR count). The van der Waals surface area contributed by atoms with Gasteiger partial charge < -0.3 is 5.32 Å². The summed E-state index contributed by atoms with van der Waals surface area (Å²) in [7, 11) is 0. The molecule has 0 aliphatic rings. The quantitative estimate of drug-likeness (QED) is 0.724. The molecule has 104 valence electrons. The van der Waals surface area contributed by atoms with E-state index in [9.17, 15) is 9.59 Å². The number of benzene rings is 2. The van der Waals surface area contributed by atoms with Gasteiger partial charge in [-0.05, 0) is 31.2 Å². The van der Waals surface area contributed by atoms with E-state index in [0.717, 1.165) is 10.9 Å². The number of rotatable bonds is 3. The SMILES string of the molecule is CC(=O)c1cccc(NC(=O)c2cccc3[nH]ncc23)c1. The van der Waals surface area contributed by atoms with Crippen molar-refractivity contribution in [3.05, 3.63) is 59.8 Å². The van der Waals surface area contributed by atoms with Gasteiger partial charge in [-0.25, -0.2) is 0 Å². The summed E-state index contributed by atoms with van der Waals surface area (Å²) in [5.74, 6) is -0.272. The molecule has 0 aliphatic carbocycles. The molecule has 0 aliphatic heterocycles. The van der Waals surface area contributed by atoms with Crippen LogP contribution in [0.5, 0.6) is 0 Å². The molecule has 0 fully saturated rings. The normalized spacial score (nSPS) is 10.5. The molecule has 3 aromatic rings. The summed E-state index contributed by atoms with van der Waals surface area (Å²) < 4.78 is 0. The van der Waals surface area contributed by atoms with Crippen molar-refractivity contribution in [1.82, 2.24) is 10.2 Å². The Kier molecular flexibility index (Phi) is 3.23. The first kappa shape index (κ1) is 13.1. The van der Waals surface area contributed by atoms with Gasteiger partial charge in [0.25, 0.3) is 5.91 Å². The molecule has 0 radical (unpaired) electrons. The smallest absolute Gasteiger partial charge is 0.256 e. The van der Waals surface area contributed by atoms with Crippen LogP contribution in [0.3, 0.4) is 0 Å². The summed E-state index contributed by atoms with van der Waals surface area (Å²) >= 11 is 0. The minimum absolute atomic E-state index is 0.0389. The number of fused-ring (bicyclic) bond motifs is 1. The van der Waals surface area contributed by atoms with E-state index in [1.807, 2.05) is 6.07 Å². The standard InChI is InChI=1S/C16H13N3O2/c1-10(20)11-4-2-5-12(8-11)18-16(21)13-6-3-7-15-14(13)9-17-19-15/h2-9H,1H3,(H,17,19)(H,18,21). The summed E-state index contributed by atoms with van der Waals surface area (Å²) in [6, 6.07) is 12.3. The summed E-state index contributed by atoms with van der Waals surface area (Å²) in [6.07, 6.45) is 1.62. The topological polar surface area (TPSA) is 74.8 Å². The molecule has 1 amide bonds. The van der Waals surface area contributed by atoms with Crippen LogP contribution in [0, 0.1) is 0 Å². The van der Waals surface area contributed by atoms with Gasteiger partial charge >= 0.3 is 0 Å². The van der Waals surface area contributed by atoms with Crippen molar-refractivity contribution in [3.8, 4) is 0 Å². The van der Waals surface area contributed by atoms with Gasteiger partial charge in [0.1, 0.15) is 0 Å². The van der Waals surface area contributed by atoms with E-state index in [2.05, 4.69) is 15.5 Å². The van der Waals surface area contributed by atoms with Crippen LogP contribution >= 0.6 is 0 Å². The first-order valence-corrected chi connectivity index (χ1v) is 6.49. The molecule has 2 N–H and O–H groups in total. The van der Waals surface area contributed by atoms with Crippen LogP contribution < -0.4 is 5.32 Å². The lowest BCUT2D eigenvalue weighted by atomic mass is 10.1. The molecule has 1 heterocycles. The van der Waals surface area contributed by atoms with E-state index >= 15 is 0 Å². The number of anilines is 1. The number of Topliss-reactive ketones (excluding diaryl/α,β-unsaturated/α-hetero) is 1. The lowest BCUT2D eigenvalue weighted by molar-refractivity contribution is 0.101. The van der Waals surface area contributed by atoms with E-state index in [1.54, 1.807) is 42.6 Å². The van der Waals surface area contributed by atoms with Gasteiger partial charge in [0.05, 0.1) is 17.3 Å². The number of hydrogen-bond donors (Lipinski definition) is 2. The molecule has 5 heteroatoms. The van der Waals surface area contributed by atoms with E-state index in [0.29, 0.717) is 16.8 Å². The van der Waals surface area contributed by atoms with Crippen LogP contribution in [-0.4, -0.2) is 21.9 Å². The van der Waals surface area contributed by atoms with Crippen molar-refractivity contribution < 1.29 is 9.59 Å². The largest absolute Gasteiger partial charge is 0.322 e. The Labute approximate surface area is 121 Å².